The Morgan fingerprint density at radius 2 is 1.82 bits per heavy atom. The van der Waals surface area contributed by atoms with Crippen molar-refractivity contribution in [3.8, 4) is 0 Å². The Bertz CT molecular complexity index is 123. The molecule has 0 heterocycles. The molecule has 66 valence electrons. The molecule has 0 amide bonds. The van der Waals surface area contributed by atoms with Crippen molar-refractivity contribution >= 4 is 0 Å². The van der Waals surface area contributed by atoms with Crippen molar-refractivity contribution in [2.24, 2.45) is 5.92 Å². The van der Waals surface area contributed by atoms with Crippen LogP contribution in [-0.2, 0) is 0 Å². The minimum atomic E-state index is 0.295. The Kier molecular flexibility index (Phi) is 2.58. The van der Waals surface area contributed by atoms with Gasteiger partial charge in [0.05, 0.1) is 0 Å². The lowest BCUT2D eigenvalue weighted by molar-refractivity contribution is 0.319. The highest BCUT2D eigenvalue weighted by molar-refractivity contribution is 4.85. The first-order chi connectivity index (χ1) is 4.99. The predicted molar refractivity (Wildman–Crippen MR) is 49.7 cm³/mol. The fourth-order valence-electron chi connectivity index (χ4n) is 1.92. The summed E-state index contributed by atoms with van der Waals surface area (Å²) in [6.07, 6.45) is 4.20. The van der Waals surface area contributed by atoms with Crippen LogP contribution in [0.15, 0.2) is 0 Å². The molecule has 2 atom stereocenters. The first-order valence-electron chi connectivity index (χ1n) is 4.77. The van der Waals surface area contributed by atoms with E-state index in [1.54, 1.807) is 0 Å². The molecule has 0 aromatic heterocycles. The first-order valence-corrected chi connectivity index (χ1v) is 4.77. The molecule has 1 saturated carbocycles. The average Bonchev–Trinajstić information content (AvgIpc) is 2.12. The number of rotatable bonds is 1. The summed E-state index contributed by atoms with van der Waals surface area (Å²) >= 11 is 0. The molecule has 1 heteroatoms. The van der Waals surface area contributed by atoms with Gasteiger partial charge in [0.2, 0.25) is 0 Å². The lowest BCUT2D eigenvalue weighted by atomic mass is 10.0. The molecule has 1 aliphatic rings. The van der Waals surface area contributed by atoms with E-state index in [0.717, 1.165) is 12.0 Å². The highest BCUT2D eigenvalue weighted by Crippen LogP contribution is 2.26. The van der Waals surface area contributed by atoms with Crippen LogP contribution in [0.25, 0.3) is 0 Å². The summed E-state index contributed by atoms with van der Waals surface area (Å²) in [5.41, 5.74) is 0.295. The molecule has 0 aromatic carbocycles. The van der Waals surface area contributed by atoms with Crippen LogP contribution in [0.3, 0.4) is 0 Å². The maximum Gasteiger partial charge on any atom is 0.00992 e. The molecule has 2 unspecified atom stereocenters. The summed E-state index contributed by atoms with van der Waals surface area (Å²) in [6.45, 7) is 9.10. The van der Waals surface area contributed by atoms with Gasteiger partial charge < -0.3 is 5.32 Å². The molecule has 1 rings (SSSR count). The zero-order valence-corrected chi connectivity index (χ0v) is 8.28. The van der Waals surface area contributed by atoms with Crippen LogP contribution in [0, 0.1) is 5.92 Å². The molecular formula is C10H21N. The summed E-state index contributed by atoms with van der Waals surface area (Å²) in [7, 11) is 0. The van der Waals surface area contributed by atoms with Crippen LogP contribution in [-0.4, -0.2) is 11.6 Å². The van der Waals surface area contributed by atoms with Gasteiger partial charge in [0.1, 0.15) is 0 Å². The SMILES string of the molecule is CC1CCCC1NC(C)(C)C. The van der Waals surface area contributed by atoms with Crippen LogP contribution in [0.5, 0.6) is 0 Å². The quantitative estimate of drug-likeness (QED) is 0.613. The number of hydrogen-bond acceptors (Lipinski definition) is 1. The number of hydrogen-bond donors (Lipinski definition) is 1. The topological polar surface area (TPSA) is 12.0 Å². The molecule has 0 aromatic rings. The van der Waals surface area contributed by atoms with Crippen molar-refractivity contribution in [2.75, 3.05) is 0 Å². The fourth-order valence-corrected chi connectivity index (χ4v) is 1.92. The van der Waals surface area contributed by atoms with E-state index < -0.39 is 0 Å². The van der Waals surface area contributed by atoms with Crippen LogP contribution in [0.1, 0.15) is 47.0 Å². The van der Waals surface area contributed by atoms with E-state index in [0.29, 0.717) is 5.54 Å². The number of nitrogens with one attached hydrogen (secondary N) is 1. The monoisotopic (exact) mass is 155 g/mol. The van der Waals surface area contributed by atoms with E-state index in [1.807, 2.05) is 0 Å². The second-order valence-corrected chi connectivity index (χ2v) is 4.91. The molecule has 11 heavy (non-hydrogen) atoms. The minimum absolute atomic E-state index is 0.295. The molecule has 1 fully saturated rings. The Morgan fingerprint density at radius 3 is 2.18 bits per heavy atom. The van der Waals surface area contributed by atoms with Crippen molar-refractivity contribution in [1.82, 2.24) is 5.32 Å². The van der Waals surface area contributed by atoms with Crippen LogP contribution < -0.4 is 5.32 Å². The molecule has 1 nitrogen and oxygen atoms in total. The second kappa shape index (κ2) is 3.14. The minimum Gasteiger partial charge on any atom is -0.309 e. The molecule has 1 aliphatic carbocycles. The van der Waals surface area contributed by atoms with Gasteiger partial charge in [-0.3, -0.25) is 0 Å². The molecule has 0 aliphatic heterocycles. The third-order valence-electron chi connectivity index (χ3n) is 2.48. The van der Waals surface area contributed by atoms with E-state index >= 15 is 0 Å². The highest BCUT2D eigenvalue weighted by Gasteiger charge is 2.26. The Morgan fingerprint density at radius 1 is 1.18 bits per heavy atom. The van der Waals surface area contributed by atoms with Crippen molar-refractivity contribution < 1.29 is 0 Å². The van der Waals surface area contributed by atoms with Crippen LogP contribution >= 0.6 is 0 Å². The zero-order chi connectivity index (χ0) is 8.48. The lowest BCUT2D eigenvalue weighted by Crippen LogP contribution is -2.44. The highest BCUT2D eigenvalue weighted by atomic mass is 15.0. The van der Waals surface area contributed by atoms with Gasteiger partial charge in [-0.1, -0.05) is 13.3 Å². The van der Waals surface area contributed by atoms with E-state index in [1.165, 1.54) is 19.3 Å². The van der Waals surface area contributed by atoms with Crippen LogP contribution in [0.4, 0.5) is 0 Å². The zero-order valence-electron chi connectivity index (χ0n) is 8.28. The predicted octanol–water partition coefficient (Wildman–Crippen LogP) is 2.56. The third-order valence-corrected chi connectivity index (χ3v) is 2.48. The van der Waals surface area contributed by atoms with E-state index in [4.69, 9.17) is 0 Å². The van der Waals surface area contributed by atoms with Crippen molar-refractivity contribution in [1.29, 1.82) is 0 Å². The van der Waals surface area contributed by atoms with E-state index in [-0.39, 0.29) is 0 Å². The Hall–Kier alpha value is -0.0400. The van der Waals surface area contributed by atoms with Gasteiger partial charge in [0, 0.05) is 11.6 Å². The molecule has 0 saturated heterocycles. The van der Waals surface area contributed by atoms with Gasteiger partial charge in [-0.2, -0.15) is 0 Å². The smallest absolute Gasteiger partial charge is 0.00992 e. The summed E-state index contributed by atoms with van der Waals surface area (Å²) in [5, 5.41) is 3.67. The molecule has 0 spiro atoms. The summed E-state index contributed by atoms with van der Waals surface area (Å²) in [5.74, 6) is 0.884. The Labute approximate surface area is 70.6 Å². The maximum atomic E-state index is 3.67. The van der Waals surface area contributed by atoms with Gasteiger partial charge >= 0.3 is 0 Å². The van der Waals surface area contributed by atoms with Gasteiger partial charge in [-0.15, -0.1) is 0 Å². The van der Waals surface area contributed by atoms with Crippen molar-refractivity contribution in [2.45, 2.75) is 58.5 Å². The normalized spacial score (nSPS) is 32.7. The second-order valence-electron chi connectivity index (χ2n) is 4.91. The fraction of sp³-hybridized carbons (Fsp3) is 1.00. The molecule has 0 radical (unpaired) electrons. The third kappa shape index (κ3) is 2.82. The standard InChI is InChI=1S/C10H21N/c1-8-6-5-7-9(8)11-10(2,3)4/h8-9,11H,5-7H2,1-4H3. The first kappa shape index (κ1) is 9.05. The van der Waals surface area contributed by atoms with Crippen molar-refractivity contribution in [3.05, 3.63) is 0 Å². The summed E-state index contributed by atoms with van der Waals surface area (Å²) in [6, 6.07) is 0.773. The van der Waals surface area contributed by atoms with Crippen molar-refractivity contribution in [3.63, 3.8) is 0 Å². The van der Waals surface area contributed by atoms with E-state index in [9.17, 15) is 0 Å². The van der Waals surface area contributed by atoms with Gasteiger partial charge in [0.25, 0.3) is 0 Å². The van der Waals surface area contributed by atoms with E-state index in [2.05, 4.69) is 33.0 Å². The summed E-state index contributed by atoms with van der Waals surface area (Å²) in [4.78, 5) is 0. The molecular weight excluding hydrogens is 134 g/mol. The Balaban J connectivity index is 2.37. The largest absolute Gasteiger partial charge is 0.309 e. The molecule has 0 bridgehead atoms. The average molecular weight is 155 g/mol. The summed E-state index contributed by atoms with van der Waals surface area (Å²) < 4.78 is 0. The van der Waals surface area contributed by atoms with Gasteiger partial charge in [-0.05, 0) is 39.5 Å². The molecule has 1 N–H and O–H groups in total. The maximum absolute atomic E-state index is 3.67. The van der Waals surface area contributed by atoms with Gasteiger partial charge in [-0.25, -0.2) is 0 Å². The van der Waals surface area contributed by atoms with Crippen LogP contribution in [0.2, 0.25) is 0 Å². The van der Waals surface area contributed by atoms with Gasteiger partial charge in [0.15, 0.2) is 0 Å². The lowest BCUT2D eigenvalue weighted by Gasteiger charge is -2.28.